The molecule has 1 aromatic carbocycles. The fraction of sp³-hybridized carbons (Fsp3) is 0.400. The normalized spacial score (nSPS) is 25.7. The average Bonchev–Trinajstić information content (AvgIpc) is 3.14. The number of hydrogen-bond acceptors (Lipinski definition) is 4. The van der Waals surface area contributed by atoms with E-state index in [1.165, 1.54) is 12.3 Å². The van der Waals surface area contributed by atoms with Gasteiger partial charge in [-0.1, -0.05) is 18.2 Å². The minimum atomic E-state index is -0.184. The molecule has 4 rings (SSSR count). The van der Waals surface area contributed by atoms with E-state index < -0.39 is 0 Å². The molecular weight excluding hydrogens is 316 g/mol. The highest BCUT2D eigenvalue weighted by atomic mass is 16.5. The number of aromatic amines is 1. The molecule has 1 N–H and O–H groups in total. The van der Waals surface area contributed by atoms with E-state index in [2.05, 4.69) is 9.88 Å². The lowest BCUT2D eigenvalue weighted by atomic mass is 10.0. The maximum absolute atomic E-state index is 12.3. The van der Waals surface area contributed by atoms with Gasteiger partial charge in [-0.3, -0.25) is 14.5 Å². The molecule has 3 atom stereocenters. The van der Waals surface area contributed by atoms with Gasteiger partial charge in [-0.15, -0.1) is 0 Å². The highest BCUT2D eigenvalue weighted by Gasteiger charge is 2.42. The van der Waals surface area contributed by atoms with Crippen molar-refractivity contribution in [2.24, 2.45) is 11.8 Å². The zero-order valence-electron chi connectivity index (χ0n) is 14.1. The number of likely N-dealkylation sites (tertiary alicyclic amines) is 1. The number of H-pyrrole nitrogens is 1. The summed E-state index contributed by atoms with van der Waals surface area (Å²) in [7, 11) is 0. The van der Waals surface area contributed by atoms with Crippen LogP contribution in [-0.2, 0) is 0 Å². The van der Waals surface area contributed by atoms with Gasteiger partial charge in [0.15, 0.2) is 5.78 Å². The van der Waals surface area contributed by atoms with Gasteiger partial charge in [0, 0.05) is 30.9 Å². The van der Waals surface area contributed by atoms with Crippen LogP contribution in [0.2, 0.25) is 0 Å². The number of aromatic nitrogens is 1. The van der Waals surface area contributed by atoms with E-state index >= 15 is 0 Å². The van der Waals surface area contributed by atoms with Gasteiger partial charge in [-0.2, -0.15) is 0 Å². The summed E-state index contributed by atoms with van der Waals surface area (Å²) in [6.07, 6.45) is 3.91. The molecule has 2 heterocycles. The molecule has 0 bridgehead atoms. The third kappa shape index (κ3) is 3.66. The van der Waals surface area contributed by atoms with Gasteiger partial charge in [0.25, 0.3) is 0 Å². The topological polar surface area (TPSA) is 62.4 Å². The smallest absolute Gasteiger partial charge is 0.247 e. The van der Waals surface area contributed by atoms with Crippen LogP contribution >= 0.6 is 0 Å². The molecular formula is C20H22N2O3. The number of hydrogen-bond donors (Lipinski definition) is 1. The number of nitrogens with one attached hydrogen (secondary N) is 1. The van der Waals surface area contributed by atoms with Crippen LogP contribution < -0.4 is 10.3 Å². The van der Waals surface area contributed by atoms with Gasteiger partial charge in [0.05, 0.1) is 12.6 Å². The third-order valence-electron chi connectivity index (χ3n) is 5.30. The second-order valence-electron chi connectivity index (χ2n) is 7.10. The van der Waals surface area contributed by atoms with Gasteiger partial charge in [-0.25, -0.2) is 0 Å². The number of rotatable bonds is 5. The van der Waals surface area contributed by atoms with Crippen LogP contribution in [0.3, 0.4) is 0 Å². The van der Waals surface area contributed by atoms with Crippen LogP contribution in [0.25, 0.3) is 0 Å². The molecule has 2 fully saturated rings. The van der Waals surface area contributed by atoms with E-state index in [1.807, 2.05) is 30.3 Å². The van der Waals surface area contributed by atoms with Crippen molar-refractivity contribution in [3.63, 3.8) is 0 Å². The van der Waals surface area contributed by atoms with Crippen molar-refractivity contribution in [1.82, 2.24) is 9.88 Å². The predicted octanol–water partition coefficient (Wildman–Crippen LogP) is 2.35. The molecule has 1 aliphatic carbocycles. The summed E-state index contributed by atoms with van der Waals surface area (Å²) in [5.41, 5.74) is 0.388. The Balaban J connectivity index is 1.30. The summed E-state index contributed by atoms with van der Waals surface area (Å²) in [5, 5.41) is 0. The molecule has 5 heteroatoms. The minimum Gasteiger partial charge on any atom is -0.490 e. The first-order valence-electron chi connectivity index (χ1n) is 8.83. The minimum absolute atomic E-state index is 0.0632. The number of nitrogens with zero attached hydrogens (tertiary/aromatic N) is 1. The van der Waals surface area contributed by atoms with Gasteiger partial charge >= 0.3 is 0 Å². The van der Waals surface area contributed by atoms with Crippen molar-refractivity contribution < 1.29 is 9.53 Å². The molecule has 0 radical (unpaired) electrons. The summed E-state index contributed by atoms with van der Waals surface area (Å²) in [4.78, 5) is 28.2. The van der Waals surface area contributed by atoms with Crippen molar-refractivity contribution in [2.45, 2.75) is 18.9 Å². The maximum Gasteiger partial charge on any atom is 0.247 e. The van der Waals surface area contributed by atoms with E-state index in [0.717, 1.165) is 31.7 Å². The maximum atomic E-state index is 12.3. The zero-order chi connectivity index (χ0) is 17.2. The molecule has 1 aliphatic heterocycles. The molecule has 1 saturated heterocycles. The van der Waals surface area contributed by atoms with E-state index in [-0.39, 0.29) is 17.4 Å². The Labute approximate surface area is 146 Å². The van der Waals surface area contributed by atoms with Gasteiger partial charge in [0.2, 0.25) is 5.56 Å². The monoisotopic (exact) mass is 338 g/mol. The summed E-state index contributed by atoms with van der Waals surface area (Å²) in [6, 6.07) is 13.0. The number of carbonyl (C=O) groups is 1. The Kier molecular flexibility index (Phi) is 4.40. The third-order valence-corrected chi connectivity index (χ3v) is 5.30. The Morgan fingerprint density at radius 3 is 2.44 bits per heavy atom. The summed E-state index contributed by atoms with van der Waals surface area (Å²) >= 11 is 0. The molecule has 2 aromatic rings. The van der Waals surface area contributed by atoms with Crippen LogP contribution in [0.4, 0.5) is 0 Å². The first kappa shape index (κ1) is 16.1. The fourth-order valence-electron chi connectivity index (χ4n) is 4.14. The number of fused-ring (bicyclic) bond motifs is 1. The number of ether oxygens (including phenoxy) is 1. The largest absolute Gasteiger partial charge is 0.490 e. The van der Waals surface area contributed by atoms with Gasteiger partial charge in [0.1, 0.15) is 5.75 Å². The summed E-state index contributed by atoms with van der Waals surface area (Å²) in [5.74, 6) is 2.22. The molecule has 1 unspecified atom stereocenters. The van der Waals surface area contributed by atoms with Crippen LogP contribution in [-0.4, -0.2) is 41.4 Å². The Hall–Kier alpha value is -2.40. The van der Waals surface area contributed by atoms with Crippen molar-refractivity contribution >= 4 is 5.78 Å². The Morgan fingerprint density at radius 1 is 1.08 bits per heavy atom. The van der Waals surface area contributed by atoms with Crippen molar-refractivity contribution in [3.8, 4) is 5.75 Å². The first-order valence-corrected chi connectivity index (χ1v) is 8.83. The van der Waals surface area contributed by atoms with E-state index in [1.54, 1.807) is 6.07 Å². The fourth-order valence-corrected chi connectivity index (χ4v) is 4.14. The Bertz CT molecular complexity index is 768. The number of carbonyl (C=O) groups excluding carboxylic acids is 1. The highest BCUT2D eigenvalue weighted by molar-refractivity contribution is 5.97. The lowest BCUT2D eigenvalue weighted by Crippen LogP contribution is -2.30. The van der Waals surface area contributed by atoms with Gasteiger partial charge < -0.3 is 9.72 Å². The van der Waals surface area contributed by atoms with Crippen molar-refractivity contribution in [2.75, 3.05) is 19.6 Å². The number of pyridine rings is 1. The van der Waals surface area contributed by atoms with E-state index in [0.29, 0.717) is 23.9 Å². The second kappa shape index (κ2) is 6.84. The number of benzene rings is 1. The predicted molar refractivity (Wildman–Crippen MR) is 94.9 cm³/mol. The number of para-hydroxylation sites is 1. The first-order chi connectivity index (χ1) is 12.2. The lowest BCUT2D eigenvalue weighted by molar-refractivity contribution is 0.0936. The van der Waals surface area contributed by atoms with E-state index in [9.17, 15) is 9.59 Å². The van der Waals surface area contributed by atoms with Gasteiger partial charge in [-0.05, 0) is 42.9 Å². The van der Waals surface area contributed by atoms with Crippen molar-refractivity contribution in [3.05, 3.63) is 64.6 Å². The van der Waals surface area contributed by atoms with Crippen LogP contribution in [0, 0.1) is 11.8 Å². The molecule has 1 saturated carbocycles. The summed E-state index contributed by atoms with van der Waals surface area (Å²) in [6.45, 7) is 2.33. The van der Waals surface area contributed by atoms with Crippen molar-refractivity contribution in [1.29, 1.82) is 0 Å². The van der Waals surface area contributed by atoms with Crippen LogP contribution in [0.15, 0.2) is 53.5 Å². The number of Topliss-reactive ketones (excluding diaryl/α,β-unsaturated/α-hetero) is 1. The molecule has 1 aromatic heterocycles. The Morgan fingerprint density at radius 2 is 1.80 bits per heavy atom. The highest BCUT2D eigenvalue weighted by Crippen LogP contribution is 2.39. The van der Waals surface area contributed by atoms with E-state index in [4.69, 9.17) is 4.74 Å². The quantitative estimate of drug-likeness (QED) is 0.850. The van der Waals surface area contributed by atoms with Crippen LogP contribution in [0.1, 0.15) is 23.2 Å². The van der Waals surface area contributed by atoms with Crippen LogP contribution in [0.5, 0.6) is 5.75 Å². The summed E-state index contributed by atoms with van der Waals surface area (Å²) < 4.78 is 6.09. The molecule has 2 aliphatic rings. The molecule has 25 heavy (non-hydrogen) atoms. The average molecular weight is 338 g/mol. The molecule has 130 valence electrons. The SMILES string of the molecule is O=C(CN1C[C@H]2CC(Oc3ccccc3)C[C@H]2C1)c1ccc(=O)[nH]c1. The zero-order valence-corrected chi connectivity index (χ0v) is 14.1. The molecule has 0 spiro atoms. The standard InChI is InChI=1S/C20H22N2O3/c23-19(14-6-7-20(24)21-10-14)13-22-11-15-8-18(9-16(15)12-22)25-17-4-2-1-3-5-17/h1-7,10,15-16,18H,8-9,11-13H2,(H,21,24)/t15-,16+,18?. The number of ketones is 1. The molecule has 0 amide bonds. The second-order valence-corrected chi connectivity index (χ2v) is 7.10. The lowest BCUT2D eigenvalue weighted by Gasteiger charge is -2.19. The molecule has 5 nitrogen and oxygen atoms in total.